The van der Waals surface area contributed by atoms with Gasteiger partial charge in [-0.2, -0.15) is 9.13 Å². The van der Waals surface area contributed by atoms with Gasteiger partial charge in [-0.05, 0) is 46.5 Å². The molecule has 2 nitrogen and oxygen atoms in total. The Morgan fingerprint density at radius 3 is 1.16 bits per heavy atom. The molecule has 0 unspecified atom stereocenters. The van der Waals surface area contributed by atoms with Crippen molar-refractivity contribution in [3.05, 3.63) is 134 Å². The Hall–Kier alpha value is -4.82. The second kappa shape index (κ2) is 11.7. The molecule has 0 bridgehead atoms. The molecule has 0 aliphatic heterocycles. The summed E-state index contributed by atoms with van der Waals surface area (Å²) in [5.74, 6) is 0. The monoisotopic (exact) mass is 570 g/mol. The molecule has 0 atom stereocenters. The van der Waals surface area contributed by atoms with Crippen molar-refractivity contribution in [2.75, 3.05) is 0 Å². The van der Waals surface area contributed by atoms with Gasteiger partial charge in [0.25, 0.3) is 0 Å². The number of unbranched alkanes of at least 4 members (excludes halogenated alkanes) is 5. The Balaban J connectivity index is 0.926. The van der Waals surface area contributed by atoms with Gasteiger partial charge in [-0.25, -0.2) is 0 Å². The van der Waals surface area contributed by atoms with Crippen LogP contribution in [-0.4, -0.2) is 0 Å². The fraction of sp³-hybridized carbons (Fsp3) is 0.190. The minimum Gasteiger partial charge on any atom is -0.198 e. The van der Waals surface area contributed by atoms with E-state index in [0.717, 1.165) is 13.1 Å². The molecule has 44 heavy (non-hydrogen) atoms. The molecular formula is C42H38N2+2. The van der Waals surface area contributed by atoms with Gasteiger partial charge in [0.2, 0.25) is 11.0 Å². The van der Waals surface area contributed by atoms with Gasteiger partial charge in [0.15, 0.2) is 12.4 Å². The van der Waals surface area contributed by atoms with Crippen molar-refractivity contribution in [3.8, 4) is 0 Å². The summed E-state index contributed by atoms with van der Waals surface area (Å²) in [5, 5.41) is 13.4. The average molecular weight is 571 g/mol. The van der Waals surface area contributed by atoms with Crippen molar-refractivity contribution in [3.63, 3.8) is 0 Å². The zero-order valence-corrected chi connectivity index (χ0v) is 25.3. The highest BCUT2D eigenvalue weighted by Crippen LogP contribution is 2.30. The summed E-state index contributed by atoms with van der Waals surface area (Å²) >= 11 is 0. The van der Waals surface area contributed by atoms with Crippen LogP contribution in [0.4, 0.5) is 0 Å². The third-order valence-corrected chi connectivity index (χ3v) is 9.57. The van der Waals surface area contributed by atoms with Crippen molar-refractivity contribution in [2.24, 2.45) is 0 Å². The van der Waals surface area contributed by atoms with E-state index in [1.165, 1.54) is 103 Å². The zero-order valence-electron chi connectivity index (χ0n) is 25.3. The highest BCUT2D eigenvalue weighted by molar-refractivity contribution is 6.16. The quantitative estimate of drug-likeness (QED) is 0.0926. The molecule has 0 aliphatic carbocycles. The van der Waals surface area contributed by atoms with Crippen LogP contribution in [0, 0.1) is 0 Å². The number of rotatable bonds is 9. The number of nitrogens with zero attached hydrogens (tertiary/aromatic N) is 2. The van der Waals surface area contributed by atoms with E-state index >= 15 is 0 Å². The molecule has 0 N–H and O–H groups in total. The molecule has 214 valence electrons. The van der Waals surface area contributed by atoms with Gasteiger partial charge in [0, 0.05) is 35.7 Å². The van der Waals surface area contributed by atoms with E-state index in [1.54, 1.807) is 0 Å². The predicted octanol–water partition coefficient (Wildman–Crippen LogP) is 10.2. The predicted molar refractivity (Wildman–Crippen MR) is 186 cm³/mol. The van der Waals surface area contributed by atoms with E-state index in [1.807, 2.05) is 0 Å². The first-order valence-corrected chi connectivity index (χ1v) is 16.3. The summed E-state index contributed by atoms with van der Waals surface area (Å²) in [6.45, 7) is 2.12. The van der Waals surface area contributed by atoms with Crippen LogP contribution < -0.4 is 9.13 Å². The standard InChI is InChI=1S/C42H38N2/c1(3-13-27-43-29-39-33-17-7-5-15-31(33)23-25-35(39)37-19-9-11-21-41(37)43)2-4-14-28-44-30-40-34-18-8-6-16-32(34)24-26-36(40)38-20-10-12-22-42(38)44/h5-12,15-26,29-30H,1-4,13-14,27-28H2/q+2. The molecule has 8 aromatic rings. The Morgan fingerprint density at radius 1 is 0.295 bits per heavy atom. The minimum atomic E-state index is 1.06. The largest absolute Gasteiger partial charge is 0.213 e. The normalized spacial score (nSPS) is 11.9. The highest BCUT2D eigenvalue weighted by Gasteiger charge is 2.16. The van der Waals surface area contributed by atoms with Crippen molar-refractivity contribution < 1.29 is 9.13 Å². The van der Waals surface area contributed by atoms with Gasteiger partial charge in [0.1, 0.15) is 13.1 Å². The molecule has 8 rings (SSSR count). The van der Waals surface area contributed by atoms with Crippen LogP contribution in [-0.2, 0) is 13.1 Å². The van der Waals surface area contributed by atoms with Gasteiger partial charge in [-0.1, -0.05) is 110 Å². The summed E-state index contributed by atoms with van der Waals surface area (Å²) in [7, 11) is 0. The lowest BCUT2D eigenvalue weighted by atomic mass is 10.00. The lowest BCUT2D eigenvalue weighted by molar-refractivity contribution is -0.670. The maximum atomic E-state index is 2.50. The number of pyridine rings is 2. The van der Waals surface area contributed by atoms with E-state index in [-0.39, 0.29) is 0 Å². The Bertz CT molecular complexity index is 2130. The lowest BCUT2D eigenvalue weighted by Crippen LogP contribution is -2.34. The van der Waals surface area contributed by atoms with Crippen LogP contribution >= 0.6 is 0 Å². The maximum absolute atomic E-state index is 2.50. The lowest BCUT2D eigenvalue weighted by Gasteiger charge is -2.09. The molecule has 0 saturated carbocycles. The van der Waals surface area contributed by atoms with Crippen LogP contribution in [0.25, 0.3) is 64.9 Å². The topological polar surface area (TPSA) is 7.76 Å². The van der Waals surface area contributed by atoms with Crippen LogP contribution in [0.5, 0.6) is 0 Å². The summed E-state index contributed by atoms with van der Waals surface area (Å²) in [4.78, 5) is 0. The first kappa shape index (κ1) is 26.8. The summed E-state index contributed by atoms with van der Waals surface area (Å²) in [6, 6.07) is 44.5. The molecule has 0 aliphatic rings. The highest BCUT2D eigenvalue weighted by atomic mass is 14.9. The zero-order chi connectivity index (χ0) is 29.3. The molecule has 0 amide bonds. The smallest absolute Gasteiger partial charge is 0.198 e. The van der Waals surface area contributed by atoms with Crippen molar-refractivity contribution in [2.45, 2.75) is 51.6 Å². The van der Waals surface area contributed by atoms with Gasteiger partial charge >= 0.3 is 0 Å². The number of aryl methyl sites for hydroxylation is 2. The van der Waals surface area contributed by atoms with Gasteiger partial charge in [-0.3, -0.25) is 0 Å². The second-order valence-electron chi connectivity index (χ2n) is 12.3. The van der Waals surface area contributed by atoms with Crippen LogP contribution in [0.15, 0.2) is 134 Å². The molecule has 0 saturated heterocycles. The molecule has 2 heterocycles. The van der Waals surface area contributed by atoms with Crippen LogP contribution in [0.2, 0.25) is 0 Å². The average Bonchev–Trinajstić information content (AvgIpc) is 3.09. The Kier molecular flexibility index (Phi) is 7.12. The molecule has 6 aromatic carbocycles. The number of benzene rings is 6. The maximum Gasteiger partial charge on any atom is 0.213 e. The van der Waals surface area contributed by atoms with Crippen LogP contribution in [0.3, 0.4) is 0 Å². The molecule has 0 radical (unpaired) electrons. The van der Waals surface area contributed by atoms with Crippen LogP contribution in [0.1, 0.15) is 38.5 Å². The number of para-hydroxylation sites is 2. The third-order valence-electron chi connectivity index (χ3n) is 9.57. The fourth-order valence-electron chi connectivity index (χ4n) is 7.33. The van der Waals surface area contributed by atoms with E-state index in [9.17, 15) is 0 Å². The van der Waals surface area contributed by atoms with E-state index in [4.69, 9.17) is 0 Å². The molecule has 0 fully saturated rings. The first-order chi connectivity index (χ1) is 21.8. The first-order valence-electron chi connectivity index (χ1n) is 16.3. The van der Waals surface area contributed by atoms with Crippen molar-refractivity contribution >= 4 is 64.9 Å². The second-order valence-corrected chi connectivity index (χ2v) is 12.3. The Labute approximate surface area is 258 Å². The van der Waals surface area contributed by atoms with E-state index in [2.05, 4.69) is 143 Å². The number of hydrogen-bond donors (Lipinski definition) is 0. The minimum absolute atomic E-state index is 1.06. The van der Waals surface area contributed by atoms with Crippen molar-refractivity contribution in [1.29, 1.82) is 0 Å². The number of hydrogen-bond acceptors (Lipinski definition) is 0. The van der Waals surface area contributed by atoms with Gasteiger partial charge in [-0.15, -0.1) is 0 Å². The summed E-state index contributed by atoms with van der Waals surface area (Å²) in [6.07, 6.45) is 12.3. The van der Waals surface area contributed by atoms with Crippen molar-refractivity contribution in [1.82, 2.24) is 0 Å². The van der Waals surface area contributed by atoms with E-state index < -0.39 is 0 Å². The summed E-state index contributed by atoms with van der Waals surface area (Å²) in [5.41, 5.74) is 2.67. The fourth-order valence-corrected chi connectivity index (χ4v) is 7.33. The molecule has 0 spiro atoms. The van der Waals surface area contributed by atoms with Gasteiger partial charge < -0.3 is 0 Å². The molecular weight excluding hydrogens is 532 g/mol. The molecule has 2 aromatic heterocycles. The number of fused-ring (bicyclic) bond motifs is 10. The van der Waals surface area contributed by atoms with E-state index in [0.29, 0.717) is 0 Å². The number of aromatic nitrogens is 2. The SMILES string of the molecule is c1ccc2c(c1)ccc1c2c[n+](CCCCCCCC[n+]2cc3c4ccccc4ccc3c3ccccc32)c2ccccc12. The summed E-state index contributed by atoms with van der Waals surface area (Å²) < 4.78 is 4.99. The van der Waals surface area contributed by atoms with Gasteiger partial charge in [0.05, 0.1) is 21.5 Å². The third kappa shape index (κ3) is 4.85. The Morgan fingerprint density at radius 2 is 0.682 bits per heavy atom. The molecule has 2 heteroatoms.